The Labute approximate surface area is 151 Å². The third kappa shape index (κ3) is 3.85. The maximum atomic E-state index is 12.7. The number of nitrogens with one attached hydrogen (secondary N) is 1. The lowest BCUT2D eigenvalue weighted by Crippen LogP contribution is -2.41. The number of piperidine rings is 1. The highest BCUT2D eigenvalue weighted by Crippen LogP contribution is 2.26. The maximum absolute atomic E-state index is 12.7. The summed E-state index contributed by atoms with van der Waals surface area (Å²) in [5, 5.41) is 7.90. The molecule has 1 unspecified atom stereocenters. The Morgan fingerprint density at radius 1 is 1.32 bits per heavy atom. The average Bonchev–Trinajstić information content (AvgIpc) is 2.61. The molecule has 7 heteroatoms. The average molecular weight is 361 g/mol. The Kier molecular flexibility index (Phi) is 5.08. The molecule has 1 atom stereocenters. The molecule has 2 heterocycles. The van der Waals surface area contributed by atoms with Crippen LogP contribution in [0.1, 0.15) is 18.4 Å². The summed E-state index contributed by atoms with van der Waals surface area (Å²) < 4.78 is 1.31. The first-order chi connectivity index (χ1) is 12.0. The molecule has 1 fully saturated rings. The van der Waals surface area contributed by atoms with Crippen LogP contribution in [0.25, 0.3) is 0 Å². The molecule has 1 aliphatic rings. The minimum atomic E-state index is -0.147. The van der Waals surface area contributed by atoms with Crippen LogP contribution < -0.4 is 15.8 Å². The lowest BCUT2D eigenvalue weighted by Gasteiger charge is -2.32. The van der Waals surface area contributed by atoms with Gasteiger partial charge in [0.15, 0.2) is 0 Å². The van der Waals surface area contributed by atoms with Gasteiger partial charge < -0.3 is 10.2 Å². The van der Waals surface area contributed by atoms with Crippen LogP contribution >= 0.6 is 11.6 Å². The van der Waals surface area contributed by atoms with Crippen molar-refractivity contribution in [3.05, 3.63) is 51.3 Å². The molecule has 0 radical (unpaired) electrons. The van der Waals surface area contributed by atoms with Crippen LogP contribution in [0.5, 0.6) is 0 Å². The predicted molar refractivity (Wildman–Crippen MR) is 99.2 cm³/mol. The van der Waals surface area contributed by atoms with E-state index in [4.69, 9.17) is 11.6 Å². The summed E-state index contributed by atoms with van der Waals surface area (Å²) in [7, 11) is 1.63. The largest absolute Gasteiger partial charge is 0.354 e. The number of rotatable bonds is 3. The van der Waals surface area contributed by atoms with E-state index in [1.54, 1.807) is 19.2 Å². The number of carbonyl (C=O) groups excluding carboxylic acids is 1. The Hall–Kier alpha value is -2.34. The van der Waals surface area contributed by atoms with Crippen LogP contribution in [-0.4, -0.2) is 28.8 Å². The molecule has 6 nitrogen and oxygen atoms in total. The van der Waals surface area contributed by atoms with Gasteiger partial charge in [-0.2, -0.15) is 5.10 Å². The molecule has 132 valence electrons. The zero-order valence-electron chi connectivity index (χ0n) is 14.3. The van der Waals surface area contributed by atoms with Crippen LogP contribution in [0, 0.1) is 12.8 Å². The summed E-state index contributed by atoms with van der Waals surface area (Å²) in [6.45, 7) is 3.29. The number of nitrogens with zero attached hydrogens (tertiary/aromatic N) is 3. The quantitative estimate of drug-likeness (QED) is 0.913. The first-order valence-electron chi connectivity index (χ1n) is 8.31. The minimum absolute atomic E-state index is 0.0140. The molecule has 3 rings (SSSR count). The van der Waals surface area contributed by atoms with Gasteiger partial charge in [0.25, 0.3) is 5.56 Å². The summed E-state index contributed by atoms with van der Waals surface area (Å²) in [6.07, 6.45) is 1.73. The summed E-state index contributed by atoms with van der Waals surface area (Å²) in [5.74, 6) is 0.574. The summed E-state index contributed by atoms with van der Waals surface area (Å²) in [5.41, 5.74) is 1.46. The predicted octanol–water partition coefficient (Wildman–Crippen LogP) is 2.60. The number of hydrogen-bond acceptors (Lipinski definition) is 4. The summed E-state index contributed by atoms with van der Waals surface area (Å²) in [6, 6.07) is 8.70. The number of benzene rings is 1. The molecule has 0 saturated carbocycles. The SMILES string of the molecule is Cc1c(Cl)cccc1NC(=O)C1CCCN(c2ccc(=O)n(C)n2)C1. The smallest absolute Gasteiger partial charge is 0.266 e. The van der Waals surface area contributed by atoms with Gasteiger partial charge in [-0.05, 0) is 43.5 Å². The topological polar surface area (TPSA) is 67.2 Å². The molecule has 1 aromatic carbocycles. The van der Waals surface area contributed by atoms with Crippen molar-refractivity contribution in [1.29, 1.82) is 0 Å². The van der Waals surface area contributed by atoms with Crippen molar-refractivity contribution >= 4 is 29.0 Å². The van der Waals surface area contributed by atoms with Crippen molar-refractivity contribution in [2.45, 2.75) is 19.8 Å². The summed E-state index contributed by atoms with van der Waals surface area (Å²) in [4.78, 5) is 26.2. The number of hydrogen-bond donors (Lipinski definition) is 1. The highest BCUT2D eigenvalue weighted by Gasteiger charge is 2.27. The molecule has 0 bridgehead atoms. The van der Waals surface area contributed by atoms with Gasteiger partial charge in [0.2, 0.25) is 5.91 Å². The second kappa shape index (κ2) is 7.27. The second-order valence-corrected chi connectivity index (χ2v) is 6.75. The van der Waals surface area contributed by atoms with Crippen molar-refractivity contribution < 1.29 is 4.79 Å². The lowest BCUT2D eigenvalue weighted by atomic mass is 9.97. The fraction of sp³-hybridized carbons (Fsp3) is 0.389. The van der Waals surface area contributed by atoms with Gasteiger partial charge in [0, 0.05) is 36.9 Å². The van der Waals surface area contributed by atoms with Crippen molar-refractivity contribution in [3.63, 3.8) is 0 Å². The van der Waals surface area contributed by atoms with Crippen LogP contribution in [0.4, 0.5) is 11.5 Å². The molecule has 1 aromatic heterocycles. The van der Waals surface area contributed by atoms with E-state index in [9.17, 15) is 9.59 Å². The number of anilines is 2. The zero-order valence-corrected chi connectivity index (χ0v) is 15.1. The highest BCUT2D eigenvalue weighted by atomic mass is 35.5. The molecule has 1 amide bonds. The third-order valence-electron chi connectivity index (χ3n) is 4.59. The van der Waals surface area contributed by atoms with Crippen molar-refractivity contribution in [1.82, 2.24) is 9.78 Å². The number of carbonyl (C=O) groups is 1. The van der Waals surface area contributed by atoms with Crippen LogP contribution in [-0.2, 0) is 11.8 Å². The van der Waals surface area contributed by atoms with E-state index in [0.717, 1.165) is 36.5 Å². The van der Waals surface area contributed by atoms with E-state index in [2.05, 4.69) is 15.3 Å². The Bertz CT molecular complexity index is 849. The molecule has 1 N–H and O–H groups in total. The van der Waals surface area contributed by atoms with E-state index in [1.807, 2.05) is 19.1 Å². The van der Waals surface area contributed by atoms with Gasteiger partial charge in [-0.25, -0.2) is 4.68 Å². The van der Waals surface area contributed by atoms with E-state index >= 15 is 0 Å². The monoisotopic (exact) mass is 360 g/mol. The fourth-order valence-corrected chi connectivity index (χ4v) is 3.21. The van der Waals surface area contributed by atoms with Crippen LogP contribution in [0.3, 0.4) is 0 Å². The van der Waals surface area contributed by atoms with Gasteiger partial charge in [-0.1, -0.05) is 17.7 Å². The van der Waals surface area contributed by atoms with Crippen molar-refractivity contribution in [2.75, 3.05) is 23.3 Å². The molecular weight excluding hydrogens is 340 g/mol. The van der Waals surface area contributed by atoms with Gasteiger partial charge in [-0.15, -0.1) is 0 Å². The normalized spacial score (nSPS) is 17.4. The number of halogens is 1. The molecule has 2 aromatic rings. The number of amides is 1. The molecule has 1 aliphatic heterocycles. The third-order valence-corrected chi connectivity index (χ3v) is 5.00. The Balaban J connectivity index is 1.72. The Morgan fingerprint density at radius 3 is 2.88 bits per heavy atom. The van der Waals surface area contributed by atoms with E-state index < -0.39 is 0 Å². The first-order valence-corrected chi connectivity index (χ1v) is 8.69. The molecule has 0 aliphatic carbocycles. The molecule has 0 spiro atoms. The van der Waals surface area contributed by atoms with Crippen LogP contribution in [0.15, 0.2) is 35.1 Å². The molecule has 25 heavy (non-hydrogen) atoms. The van der Waals surface area contributed by atoms with Crippen molar-refractivity contribution in [2.24, 2.45) is 13.0 Å². The van der Waals surface area contributed by atoms with Gasteiger partial charge in [0.05, 0.1) is 5.92 Å². The van der Waals surface area contributed by atoms with Gasteiger partial charge in [0.1, 0.15) is 5.82 Å². The standard InChI is InChI=1S/C18H21ClN4O2/c1-12-14(19)6-3-7-15(12)20-18(25)13-5-4-10-23(11-13)16-8-9-17(24)22(2)21-16/h3,6-9,13H,4-5,10-11H2,1-2H3,(H,20,25). The maximum Gasteiger partial charge on any atom is 0.266 e. The number of aryl methyl sites for hydroxylation is 1. The highest BCUT2D eigenvalue weighted by molar-refractivity contribution is 6.31. The van der Waals surface area contributed by atoms with Gasteiger partial charge >= 0.3 is 0 Å². The van der Waals surface area contributed by atoms with Crippen molar-refractivity contribution in [3.8, 4) is 0 Å². The lowest BCUT2D eigenvalue weighted by molar-refractivity contribution is -0.120. The zero-order chi connectivity index (χ0) is 18.0. The van der Waals surface area contributed by atoms with E-state index in [1.165, 1.54) is 10.7 Å². The fourth-order valence-electron chi connectivity index (χ4n) is 3.04. The number of aromatic nitrogens is 2. The van der Waals surface area contributed by atoms with E-state index in [0.29, 0.717) is 11.6 Å². The molecule has 1 saturated heterocycles. The van der Waals surface area contributed by atoms with Gasteiger partial charge in [-0.3, -0.25) is 9.59 Å². The summed E-state index contributed by atoms with van der Waals surface area (Å²) >= 11 is 6.12. The second-order valence-electron chi connectivity index (χ2n) is 6.34. The minimum Gasteiger partial charge on any atom is -0.354 e. The van der Waals surface area contributed by atoms with Crippen LogP contribution in [0.2, 0.25) is 5.02 Å². The molecular formula is C18H21ClN4O2. The first kappa shape index (κ1) is 17.5. The van der Waals surface area contributed by atoms with E-state index in [-0.39, 0.29) is 17.4 Å². The Morgan fingerprint density at radius 2 is 2.12 bits per heavy atom.